The molecule has 0 spiro atoms. The summed E-state index contributed by atoms with van der Waals surface area (Å²) in [6.07, 6.45) is 1.11. The van der Waals surface area contributed by atoms with Crippen molar-refractivity contribution in [3.05, 3.63) is 36.9 Å². The molecular formula is C33H57NO14. The Labute approximate surface area is 285 Å². The van der Waals surface area contributed by atoms with Crippen LogP contribution in [0.25, 0.3) is 0 Å². The van der Waals surface area contributed by atoms with Crippen LogP contribution < -0.4 is 10.5 Å². The number of ether oxygens (including phenoxy) is 13. The number of hydrogen-bond acceptors (Lipinski definition) is 15. The molecule has 0 bridgehead atoms. The Morgan fingerprint density at radius 2 is 0.729 bits per heavy atom. The van der Waals surface area contributed by atoms with Crippen molar-refractivity contribution < 1.29 is 66.4 Å². The van der Waals surface area contributed by atoms with E-state index in [4.69, 9.17) is 67.3 Å². The number of nitrogens with two attached hydrogens (primary N) is 1. The van der Waals surface area contributed by atoms with E-state index in [1.165, 1.54) is 0 Å². The number of anilines is 1. The highest BCUT2D eigenvalue weighted by molar-refractivity contribution is 5.81. The molecule has 0 heterocycles. The summed E-state index contributed by atoms with van der Waals surface area (Å²) in [5.41, 5.74) is 6.43. The lowest BCUT2D eigenvalue weighted by Crippen LogP contribution is -2.15. The van der Waals surface area contributed by atoms with Crippen LogP contribution in [0.4, 0.5) is 5.69 Å². The topological polar surface area (TPSA) is 163 Å². The standard InChI is InChI=1S/C33H57NO14/c1-2-33(35)48-30-28-46-26-24-44-22-20-42-18-16-40-14-12-38-10-8-36-7-9-37-11-13-39-15-17-41-19-21-43-23-25-45-27-29-47-32-6-4-3-5-31(32)34/h2-6H,1,7-30,34H2. The number of nitrogen functional groups attached to an aromatic ring is 1. The van der Waals surface area contributed by atoms with E-state index in [1.807, 2.05) is 18.2 Å². The van der Waals surface area contributed by atoms with E-state index in [0.29, 0.717) is 163 Å². The minimum absolute atomic E-state index is 0.196. The van der Waals surface area contributed by atoms with E-state index in [1.54, 1.807) is 6.07 Å². The summed E-state index contributed by atoms with van der Waals surface area (Å²) >= 11 is 0. The molecule has 0 aliphatic heterocycles. The molecular weight excluding hydrogens is 634 g/mol. The number of esters is 1. The average Bonchev–Trinajstić information content (AvgIpc) is 3.10. The van der Waals surface area contributed by atoms with E-state index >= 15 is 0 Å². The molecule has 0 aliphatic rings. The maximum atomic E-state index is 10.8. The van der Waals surface area contributed by atoms with Gasteiger partial charge in [0.2, 0.25) is 0 Å². The predicted octanol–water partition coefficient (Wildman–Crippen LogP) is 1.56. The Kier molecular flexibility index (Phi) is 32.6. The van der Waals surface area contributed by atoms with Gasteiger partial charge in [-0.2, -0.15) is 0 Å². The highest BCUT2D eigenvalue weighted by Crippen LogP contribution is 2.19. The zero-order valence-electron chi connectivity index (χ0n) is 28.4. The fourth-order valence-electron chi connectivity index (χ4n) is 3.38. The van der Waals surface area contributed by atoms with Crippen molar-refractivity contribution in [1.82, 2.24) is 0 Å². The van der Waals surface area contributed by atoms with Gasteiger partial charge in [0.25, 0.3) is 0 Å². The zero-order valence-corrected chi connectivity index (χ0v) is 28.4. The lowest BCUT2D eigenvalue weighted by atomic mass is 10.3. The molecule has 0 fully saturated rings. The normalized spacial score (nSPS) is 11.2. The van der Waals surface area contributed by atoms with E-state index in [9.17, 15) is 4.79 Å². The summed E-state index contributed by atoms with van der Waals surface area (Å²) in [7, 11) is 0. The molecule has 0 saturated heterocycles. The number of carbonyl (C=O) groups excluding carboxylic acids is 1. The Morgan fingerprint density at radius 3 is 1.02 bits per heavy atom. The molecule has 0 aromatic heterocycles. The van der Waals surface area contributed by atoms with Gasteiger partial charge in [-0.25, -0.2) is 4.79 Å². The summed E-state index contributed by atoms with van der Waals surface area (Å²) in [6.45, 7) is 14.4. The van der Waals surface area contributed by atoms with Gasteiger partial charge in [-0.05, 0) is 12.1 Å². The van der Waals surface area contributed by atoms with Gasteiger partial charge < -0.3 is 67.3 Å². The summed E-state index contributed by atoms with van der Waals surface area (Å²) in [5.74, 6) is 0.203. The number of hydrogen-bond donors (Lipinski definition) is 1. The van der Waals surface area contributed by atoms with Gasteiger partial charge in [-0.1, -0.05) is 18.7 Å². The third-order valence-electron chi connectivity index (χ3n) is 5.76. The molecule has 1 aromatic rings. The Morgan fingerprint density at radius 1 is 0.458 bits per heavy atom. The van der Waals surface area contributed by atoms with Crippen LogP contribution in [0.1, 0.15) is 0 Å². The second-order valence-corrected chi connectivity index (χ2v) is 9.49. The number of para-hydroxylation sites is 2. The van der Waals surface area contributed by atoms with Crippen LogP contribution >= 0.6 is 0 Å². The smallest absolute Gasteiger partial charge is 0.330 e. The van der Waals surface area contributed by atoms with Crippen LogP contribution in [-0.2, 0) is 61.6 Å². The van der Waals surface area contributed by atoms with Crippen molar-refractivity contribution in [2.75, 3.05) is 164 Å². The Hall–Kier alpha value is -2.41. The van der Waals surface area contributed by atoms with E-state index in [-0.39, 0.29) is 6.61 Å². The molecule has 0 amide bonds. The van der Waals surface area contributed by atoms with Crippen LogP contribution in [0.2, 0.25) is 0 Å². The van der Waals surface area contributed by atoms with Gasteiger partial charge in [0.1, 0.15) is 19.0 Å². The Balaban J connectivity index is 1.63. The van der Waals surface area contributed by atoms with Crippen molar-refractivity contribution in [1.29, 1.82) is 0 Å². The largest absolute Gasteiger partial charge is 0.489 e. The van der Waals surface area contributed by atoms with Crippen LogP contribution in [-0.4, -0.2) is 165 Å². The van der Waals surface area contributed by atoms with Crippen molar-refractivity contribution in [2.45, 2.75) is 0 Å². The van der Waals surface area contributed by atoms with Crippen LogP contribution in [0, 0.1) is 0 Å². The molecule has 1 rings (SSSR count). The van der Waals surface area contributed by atoms with Crippen molar-refractivity contribution in [3.63, 3.8) is 0 Å². The van der Waals surface area contributed by atoms with Gasteiger partial charge >= 0.3 is 5.97 Å². The minimum Gasteiger partial charge on any atom is -0.489 e. The molecule has 0 atom stereocenters. The molecule has 2 N–H and O–H groups in total. The van der Waals surface area contributed by atoms with Crippen LogP contribution in [0.5, 0.6) is 5.75 Å². The van der Waals surface area contributed by atoms with Gasteiger partial charge in [0.15, 0.2) is 0 Å². The molecule has 48 heavy (non-hydrogen) atoms. The molecule has 15 heteroatoms. The first-order valence-corrected chi connectivity index (χ1v) is 16.4. The highest BCUT2D eigenvalue weighted by atomic mass is 16.6. The molecule has 1 aromatic carbocycles. The molecule has 15 nitrogen and oxygen atoms in total. The second-order valence-electron chi connectivity index (χ2n) is 9.49. The van der Waals surface area contributed by atoms with E-state index < -0.39 is 5.97 Å². The van der Waals surface area contributed by atoms with Gasteiger partial charge in [0.05, 0.1) is 151 Å². The molecule has 0 saturated carbocycles. The lowest BCUT2D eigenvalue weighted by Gasteiger charge is -2.10. The fourth-order valence-corrected chi connectivity index (χ4v) is 3.38. The molecule has 0 radical (unpaired) electrons. The van der Waals surface area contributed by atoms with E-state index in [2.05, 4.69) is 6.58 Å². The van der Waals surface area contributed by atoms with Gasteiger partial charge in [-0.3, -0.25) is 0 Å². The Bertz CT molecular complexity index is 850. The summed E-state index contributed by atoms with van der Waals surface area (Å²) in [5, 5.41) is 0. The molecule has 278 valence electrons. The lowest BCUT2D eigenvalue weighted by molar-refractivity contribution is -0.139. The van der Waals surface area contributed by atoms with Gasteiger partial charge in [-0.15, -0.1) is 0 Å². The average molecular weight is 692 g/mol. The maximum absolute atomic E-state index is 10.8. The zero-order chi connectivity index (χ0) is 34.4. The second kappa shape index (κ2) is 35.9. The number of carbonyl (C=O) groups is 1. The molecule has 0 unspecified atom stereocenters. The number of rotatable bonds is 38. The quantitative estimate of drug-likeness (QED) is 0.0460. The summed E-state index contributed by atoms with van der Waals surface area (Å²) < 4.78 is 70.2. The van der Waals surface area contributed by atoms with Crippen LogP contribution in [0.3, 0.4) is 0 Å². The summed E-state index contributed by atoms with van der Waals surface area (Å²) in [6, 6.07) is 7.37. The molecule has 0 aliphatic carbocycles. The first-order valence-electron chi connectivity index (χ1n) is 16.4. The number of benzene rings is 1. The monoisotopic (exact) mass is 691 g/mol. The summed E-state index contributed by atoms with van der Waals surface area (Å²) in [4.78, 5) is 10.8. The highest BCUT2D eigenvalue weighted by Gasteiger charge is 1.99. The first-order chi connectivity index (χ1) is 23.7. The first kappa shape index (κ1) is 43.6. The SMILES string of the molecule is C=CC(=O)OCCOCCOCCOCCOCCOCCOCCOCCOCCOCCOCCOCCOc1ccccc1N. The minimum atomic E-state index is -0.461. The van der Waals surface area contributed by atoms with Crippen LogP contribution in [0.15, 0.2) is 36.9 Å². The third kappa shape index (κ3) is 30.9. The van der Waals surface area contributed by atoms with Crippen molar-refractivity contribution in [3.8, 4) is 5.75 Å². The third-order valence-corrected chi connectivity index (χ3v) is 5.76. The van der Waals surface area contributed by atoms with Crippen molar-refractivity contribution >= 4 is 11.7 Å². The predicted molar refractivity (Wildman–Crippen MR) is 177 cm³/mol. The van der Waals surface area contributed by atoms with Crippen molar-refractivity contribution in [2.24, 2.45) is 0 Å². The fraction of sp³-hybridized carbons (Fsp3) is 0.727. The van der Waals surface area contributed by atoms with E-state index in [0.717, 1.165) is 6.08 Å². The maximum Gasteiger partial charge on any atom is 0.330 e. The van der Waals surface area contributed by atoms with Gasteiger partial charge in [0, 0.05) is 6.08 Å².